The molecular formula is C22H23N3O2. The molecule has 0 spiro atoms. The van der Waals surface area contributed by atoms with Gasteiger partial charge in [0.15, 0.2) is 5.76 Å². The number of aromatic nitrogens is 1. The van der Waals surface area contributed by atoms with Gasteiger partial charge in [-0.05, 0) is 38.4 Å². The lowest BCUT2D eigenvalue weighted by Crippen LogP contribution is -2.51. The van der Waals surface area contributed by atoms with Crippen molar-refractivity contribution in [3.63, 3.8) is 0 Å². The van der Waals surface area contributed by atoms with Crippen molar-refractivity contribution in [3.8, 4) is 22.8 Å². The number of carbonyl (C=O) groups excluding carboxylic acids is 1. The highest BCUT2D eigenvalue weighted by atomic mass is 16.4. The minimum Gasteiger partial charge on any atom is -0.436 e. The standard InChI is InChI=1S/C22H23N3O2/c1-15-19(12-7-13-23-15)25-21(26)17-10-5-6-11-18(17)22-24-14-20(27-22)16-8-3-2-4-9-16/h2-6,8-11,14-15,19,23H,7,12-13H2,1H3,(H,25,26). The summed E-state index contributed by atoms with van der Waals surface area (Å²) in [6.45, 7) is 3.11. The first-order valence-corrected chi connectivity index (χ1v) is 9.37. The molecule has 2 N–H and O–H groups in total. The maximum atomic E-state index is 12.9. The molecule has 5 nitrogen and oxygen atoms in total. The van der Waals surface area contributed by atoms with Crippen LogP contribution in [0.2, 0.25) is 0 Å². The van der Waals surface area contributed by atoms with E-state index in [4.69, 9.17) is 4.42 Å². The molecule has 2 aromatic carbocycles. The van der Waals surface area contributed by atoms with Gasteiger partial charge < -0.3 is 15.1 Å². The van der Waals surface area contributed by atoms with Crippen molar-refractivity contribution in [1.29, 1.82) is 0 Å². The zero-order valence-corrected chi connectivity index (χ0v) is 15.3. The van der Waals surface area contributed by atoms with Crippen LogP contribution in [0.25, 0.3) is 22.8 Å². The normalized spacial score (nSPS) is 19.6. The summed E-state index contributed by atoms with van der Waals surface area (Å²) in [7, 11) is 0. The number of hydrogen-bond acceptors (Lipinski definition) is 4. The Bertz CT molecular complexity index is 920. The fourth-order valence-corrected chi connectivity index (χ4v) is 3.49. The van der Waals surface area contributed by atoms with Crippen LogP contribution in [0.1, 0.15) is 30.1 Å². The quantitative estimate of drug-likeness (QED) is 0.740. The summed E-state index contributed by atoms with van der Waals surface area (Å²) >= 11 is 0. The van der Waals surface area contributed by atoms with Crippen molar-refractivity contribution >= 4 is 5.91 Å². The van der Waals surface area contributed by atoms with Crippen molar-refractivity contribution in [2.75, 3.05) is 6.54 Å². The number of benzene rings is 2. The van der Waals surface area contributed by atoms with Crippen molar-refractivity contribution in [2.45, 2.75) is 31.8 Å². The number of hydrogen-bond donors (Lipinski definition) is 2. The molecule has 3 aromatic rings. The fraction of sp³-hybridized carbons (Fsp3) is 0.273. The number of oxazole rings is 1. The zero-order chi connectivity index (χ0) is 18.6. The van der Waals surface area contributed by atoms with Gasteiger partial charge in [0.05, 0.1) is 11.8 Å². The van der Waals surface area contributed by atoms with E-state index in [-0.39, 0.29) is 18.0 Å². The first-order chi connectivity index (χ1) is 13.2. The van der Waals surface area contributed by atoms with Crippen LogP contribution in [0.15, 0.2) is 65.2 Å². The number of rotatable bonds is 4. The largest absolute Gasteiger partial charge is 0.436 e. The van der Waals surface area contributed by atoms with Crippen LogP contribution in [0, 0.1) is 0 Å². The third kappa shape index (κ3) is 3.78. The molecule has 1 aromatic heterocycles. The fourth-order valence-electron chi connectivity index (χ4n) is 3.49. The van der Waals surface area contributed by atoms with Gasteiger partial charge in [0.25, 0.3) is 5.91 Å². The smallest absolute Gasteiger partial charge is 0.252 e. The maximum Gasteiger partial charge on any atom is 0.252 e. The van der Waals surface area contributed by atoms with Crippen LogP contribution in [-0.4, -0.2) is 29.5 Å². The van der Waals surface area contributed by atoms with Crippen molar-refractivity contribution < 1.29 is 9.21 Å². The summed E-state index contributed by atoms with van der Waals surface area (Å²) in [6.07, 6.45) is 3.75. The molecule has 5 heteroatoms. The van der Waals surface area contributed by atoms with Gasteiger partial charge in [-0.1, -0.05) is 42.5 Å². The summed E-state index contributed by atoms with van der Waals surface area (Å²) in [5.41, 5.74) is 2.24. The van der Waals surface area contributed by atoms with Gasteiger partial charge in [-0.3, -0.25) is 4.79 Å². The average Bonchev–Trinajstić information content (AvgIpc) is 3.20. The van der Waals surface area contributed by atoms with Crippen molar-refractivity contribution in [1.82, 2.24) is 15.6 Å². The maximum absolute atomic E-state index is 12.9. The molecular weight excluding hydrogens is 338 g/mol. The summed E-state index contributed by atoms with van der Waals surface area (Å²) < 4.78 is 5.95. The molecule has 0 bridgehead atoms. The Balaban J connectivity index is 1.60. The van der Waals surface area contributed by atoms with Crippen LogP contribution in [0.3, 0.4) is 0 Å². The second kappa shape index (κ2) is 7.76. The zero-order valence-electron chi connectivity index (χ0n) is 15.3. The Labute approximate surface area is 158 Å². The highest BCUT2D eigenvalue weighted by Gasteiger charge is 2.24. The lowest BCUT2D eigenvalue weighted by Gasteiger charge is -2.30. The van der Waals surface area contributed by atoms with E-state index in [1.165, 1.54) is 0 Å². The van der Waals surface area contributed by atoms with E-state index in [0.29, 0.717) is 22.8 Å². The number of amides is 1. The molecule has 0 aliphatic carbocycles. The number of nitrogens with one attached hydrogen (secondary N) is 2. The Morgan fingerprint density at radius 3 is 2.74 bits per heavy atom. The third-order valence-electron chi connectivity index (χ3n) is 5.04. The van der Waals surface area contributed by atoms with E-state index in [1.807, 2.05) is 54.6 Å². The van der Waals surface area contributed by atoms with Crippen molar-refractivity contribution in [2.24, 2.45) is 0 Å². The predicted octanol–water partition coefficient (Wildman–Crippen LogP) is 3.88. The summed E-state index contributed by atoms with van der Waals surface area (Å²) in [5.74, 6) is 1.05. The number of nitrogens with zero attached hydrogens (tertiary/aromatic N) is 1. The number of carbonyl (C=O) groups is 1. The molecule has 138 valence electrons. The van der Waals surface area contributed by atoms with Crippen LogP contribution >= 0.6 is 0 Å². The van der Waals surface area contributed by atoms with Crippen LogP contribution < -0.4 is 10.6 Å². The van der Waals surface area contributed by atoms with E-state index in [2.05, 4.69) is 22.5 Å². The SMILES string of the molecule is CC1NCCCC1NC(=O)c1ccccc1-c1ncc(-c2ccccc2)o1. The minimum atomic E-state index is -0.0920. The van der Waals surface area contributed by atoms with Gasteiger partial charge in [-0.2, -0.15) is 0 Å². The van der Waals surface area contributed by atoms with Gasteiger partial charge in [0.1, 0.15) is 0 Å². The predicted molar refractivity (Wildman–Crippen MR) is 105 cm³/mol. The Morgan fingerprint density at radius 1 is 1.15 bits per heavy atom. The molecule has 1 aliphatic rings. The highest BCUT2D eigenvalue weighted by Crippen LogP contribution is 2.28. The summed E-state index contributed by atoms with van der Waals surface area (Å²) in [6, 6.07) is 17.7. The molecule has 1 saturated heterocycles. The monoisotopic (exact) mass is 361 g/mol. The Kier molecular flexibility index (Phi) is 5.03. The highest BCUT2D eigenvalue weighted by molar-refractivity contribution is 6.00. The molecule has 2 atom stereocenters. The molecule has 2 unspecified atom stereocenters. The van der Waals surface area contributed by atoms with Gasteiger partial charge in [-0.15, -0.1) is 0 Å². The van der Waals surface area contributed by atoms with E-state index < -0.39 is 0 Å². The second-order valence-corrected chi connectivity index (χ2v) is 6.91. The van der Waals surface area contributed by atoms with Gasteiger partial charge >= 0.3 is 0 Å². The molecule has 2 heterocycles. The first-order valence-electron chi connectivity index (χ1n) is 9.37. The topological polar surface area (TPSA) is 67.2 Å². The molecule has 27 heavy (non-hydrogen) atoms. The first kappa shape index (κ1) is 17.5. The Hall–Kier alpha value is -2.92. The van der Waals surface area contributed by atoms with Gasteiger partial charge in [0.2, 0.25) is 5.89 Å². The molecule has 1 aliphatic heterocycles. The minimum absolute atomic E-state index is 0.0920. The lowest BCUT2D eigenvalue weighted by atomic mass is 9.98. The molecule has 4 rings (SSSR count). The van der Waals surface area contributed by atoms with Crippen LogP contribution in [0.5, 0.6) is 0 Å². The second-order valence-electron chi connectivity index (χ2n) is 6.91. The molecule has 1 amide bonds. The van der Waals surface area contributed by atoms with E-state index in [1.54, 1.807) is 6.20 Å². The van der Waals surface area contributed by atoms with E-state index in [0.717, 1.165) is 24.9 Å². The Morgan fingerprint density at radius 2 is 1.93 bits per heavy atom. The van der Waals surface area contributed by atoms with Crippen LogP contribution in [-0.2, 0) is 0 Å². The average molecular weight is 361 g/mol. The molecule has 0 saturated carbocycles. The third-order valence-corrected chi connectivity index (χ3v) is 5.04. The van der Waals surface area contributed by atoms with Crippen LogP contribution in [0.4, 0.5) is 0 Å². The van der Waals surface area contributed by atoms with E-state index >= 15 is 0 Å². The van der Waals surface area contributed by atoms with Crippen molar-refractivity contribution in [3.05, 3.63) is 66.4 Å². The number of piperidine rings is 1. The molecule has 1 fully saturated rings. The summed E-state index contributed by atoms with van der Waals surface area (Å²) in [4.78, 5) is 17.3. The van der Waals surface area contributed by atoms with E-state index in [9.17, 15) is 4.79 Å². The molecule has 0 radical (unpaired) electrons. The van der Waals surface area contributed by atoms with Gasteiger partial charge in [0, 0.05) is 23.2 Å². The summed E-state index contributed by atoms with van der Waals surface area (Å²) in [5, 5.41) is 6.57. The lowest BCUT2D eigenvalue weighted by molar-refractivity contribution is 0.0920. The van der Waals surface area contributed by atoms with Gasteiger partial charge in [-0.25, -0.2) is 4.98 Å².